The van der Waals surface area contributed by atoms with Crippen LogP contribution in [-0.2, 0) is 28.6 Å². The minimum Gasteiger partial charge on any atom is -0.462 e. The summed E-state index contributed by atoms with van der Waals surface area (Å²) in [4.78, 5) is 35.9. The van der Waals surface area contributed by atoms with Crippen molar-refractivity contribution >= 4 is 17.9 Å². The number of allylic oxidation sites excluding steroid dienone is 2. The lowest BCUT2D eigenvalue weighted by Gasteiger charge is -2.18. The van der Waals surface area contributed by atoms with Gasteiger partial charge < -0.3 is 14.2 Å². The van der Waals surface area contributed by atoms with E-state index in [1.54, 1.807) is 0 Å². The fourth-order valence-electron chi connectivity index (χ4n) is 5.46. The van der Waals surface area contributed by atoms with Crippen LogP contribution >= 0.6 is 0 Å². The fraction of sp³-hybridized carbons (Fsp3) is 0.872. The summed E-state index contributed by atoms with van der Waals surface area (Å²) in [6.07, 6.45) is 36.5. The Balaban J connectivity index is 3.85. The Morgan fingerprint density at radius 2 is 0.822 bits per heavy atom. The zero-order chi connectivity index (χ0) is 33.1. The highest BCUT2D eigenvalue weighted by molar-refractivity contribution is 5.70. The molecule has 0 aromatic carbocycles. The van der Waals surface area contributed by atoms with E-state index in [9.17, 15) is 14.4 Å². The number of unbranched alkanes of at least 4 members (excludes halogenated alkanes) is 23. The maximum atomic E-state index is 12.4. The molecule has 45 heavy (non-hydrogen) atoms. The molecule has 0 aliphatic heterocycles. The first kappa shape index (κ1) is 43.1. The molecule has 264 valence electrons. The van der Waals surface area contributed by atoms with Crippen LogP contribution in [0.25, 0.3) is 0 Å². The van der Waals surface area contributed by atoms with Crippen molar-refractivity contribution in [2.75, 3.05) is 13.2 Å². The summed E-state index contributed by atoms with van der Waals surface area (Å²) in [5.74, 6) is -1.08. The minimum absolute atomic E-state index is 0.0818. The lowest BCUT2D eigenvalue weighted by Crippen LogP contribution is -2.30. The summed E-state index contributed by atoms with van der Waals surface area (Å²) in [5.41, 5.74) is 0. The van der Waals surface area contributed by atoms with Gasteiger partial charge in [0, 0.05) is 19.8 Å². The maximum Gasteiger partial charge on any atom is 0.306 e. The molecular formula is C39H72O6. The Morgan fingerprint density at radius 3 is 1.24 bits per heavy atom. The third kappa shape index (κ3) is 34.9. The second-order valence-electron chi connectivity index (χ2n) is 12.9. The third-order valence-corrected chi connectivity index (χ3v) is 8.33. The van der Waals surface area contributed by atoms with E-state index in [0.29, 0.717) is 12.8 Å². The highest BCUT2D eigenvalue weighted by Crippen LogP contribution is 2.14. The van der Waals surface area contributed by atoms with Gasteiger partial charge in [0.05, 0.1) is 0 Å². The van der Waals surface area contributed by atoms with Gasteiger partial charge in [-0.1, -0.05) is 154 Å². The number of esters is 3. The first-order valence-electron chi connectivity index (χ1n) is 19.1. The topological polar surface area (TPSA) is 78.9 Å². The van der Waals surface area contributed by atoms with Crippen molar-refractivity contribution in [2.24, 2.45) is 0 Å². The highest BCUT2D eigenvalue weighted by atomic mass is 16.6. The summed E-state index contributed by atoms with van der Waals surface area (Å²) in [6.45, 7) is 5.64. The number of rotatable bonds is 34. The molecule has 0 saturated heterocycles. The Hall–Kier alpha value is -1.85. The maximum absolute atomic E-state index is 12.4. The summed E-state index contributed by atoms with van der Waals surface area (Å²) in [5, 5.41) is 0. The van der Waals surface area contributed by atoms with Crippen molar-refractivity contribution < 1.29 is 28.6 Å². The monoisotopic (exact) mass is 637 g/mol. The Kier molecular flexibility index (Phi) is 33.6. The van der Waals surface area contributed by atoms with Crippen molar-refractivity contribution in [1.82, 2.24) is 0 Å². The zero-order valence-corrected chi connectivity index (χ0v) is 29.9. The molecule has 0 amide bonds. The van der Waals surface area contributed by atoms with E-state index in [-0.39, 0.29) is 25.2 Å². The molecule has 6 nitrogen and oxygen atoms in total. The van der Waals surface area contributed by atoms with E-state index >= 15 is 0 Å². The van der Waals surface area contributed by atoms with Crippen molar-refractivity contribution in [3.63, 3.8) is 0 Å². The molecule has 0 aliphatic carbocycles. The molecule has 0 spiro atoms. The van der Waals surface area contributed by atoms with Gasteiger partial charge >= 0.3 is 17.9 Å². The molecule has 0 rings (SSSR count). The molecule has 0 aromatic heterocycles. The summed E-state index contributed by atoms with van der Waals surface area (Å²) in [6, 6.07) is 0. The second kappa shape index (κ2) is 35.0. The largest absolute Gasteiger partial charge is 0.462 e. The van der Waals surface area contributed by atoms with Gasteiger partial charge in [0.2, 0.25) is 0 Å². The summed E-state index contributed by atoms with van der Waals surface area (Å²) < 4.78 is 15.9. The van der Waals surface area contributed by atoms with E-state index in [2.05, 4.69) is 26.0 Å². The average molecular weight is 637 g/mol. The number of hydrogen-bond donors (Lipinski definition) is 0. The van der Waals surface area contributed by atoms with Crippen LogP contribution in [0.2, 0.25) is 0 Å². The van der Waals surface area contributed by atoms with Crippen molar-refractivity contribution in [1.29, 1.82) is 0 Å². The van der Waals surface area contributed by atoms with E-state index in [0.717, 1.165) is 44.9 Å². The number of carbonyl (C=O) groups excluding carboxylic acids is 3. The molecule has 0 N–H and O–H groups in total. The lowest BCUT2D eigenvalue weighted by molar-refractivity contribution is -0.166. The molecule has 1 unspecified atom stereocenters. The Labute approximate surface area is 278 Å². The summed E-state index contributed by atoms with van der Waals surface area (Å²) in [7, 11) is 0. The van der Waals surface area contributed by atoms with Crippen LogP contribution in [0, 0.1) is 0 Å². The lowest BCUT2D eigenvalue weighted by atomic mass is 10.0. The number of carbonyl (C=O) groups is 3. The molecular weight excluding hydrogens is 564 g/mol. The highest BCUT2D eigenvalue weighted by Gasteiger charge is 2.18. The van der Waals surface area contributed by atoms with Gasteiger partial charge in [-0.15, -0.1) is 0 Å². The number of hydrogen-bond acceptors (Lipinski definition) is 6. The second-order valence-corrected chi connectivity index (χ2v) is 12.9. The molecule has 0 saturated carbocycles. The van der Waals surface area contributed by atoms with Gasteiger partial charge in [0.15, 0.2) is 6.10 Å². The normalized spacial score (nSPS) is 12.0. The molecule has 0 bridgehead atoms. The van der Waals surface area contributed by atoms with E-state index in [1.807, 2.05) is 0 Å². The molecule has 1 atom stereocenters. The van der Waals surface area contributed by atoms with Gasteiger partial charge in [-0.2, -0.15) is 0 Å². The molecule has 0 aliphatic rings. The van der Waals surface area contributed by atoms with Crippen LogP contribution in [-0.4, -0.2) is 37.2 Å². The molecule has 0 aromatic rings. The average Bonchev–Trinajstić information content (AvgIpc) is 3.02. The van der Waals surface area contributed by atoms with E-state index in [4.69, 9.17) is 14.2 Å². The third-order valence-electron chi connectivity index (χ3n) is 8.33. The molecule has 0 heterocycles. The Bertz CT molecular complexity index is 704. The van der Waals surface area contributed by atoms with Gasteiger partial charge in [0.25, 0.3) is 0 Å². The van der Waals surface area contributed by atoms with Crippen LogP contribution in [0.15, 0.2) is 12.2 Å². The van der Waals surface area contributed by atoms with Crippen LogP contribution in [0.1, 0.15) is 201 Å². The quantitative estimate of drug-likeness (QED) is 0.0303. The predicted octanol–water partition coefficient (Wildman–Crippen LogP) is 11.5. The van der Waals surface area contributed by atoms with Crippen LogP contribution in [0.3, 0.4) is 0 Å². The van der Waals surface area contributed by atoms with E-state index < -0.39 is 12.1 Å². The molecule has 0 radical (unpaired) electrons. The van der Waals surface area contributed by atoms with Crippen molar-refractivity contribution in [3.8, 4) is 0 Å². The Morgan fingerprint density at radius 1 is 0.467 bits per heavy atom. The van der Waals surface area contributed by atoms with Crippen LogP contribution in [0.5, 0.6) is 0 Å². The smallest absolute Gasteiger partial charge is 0.306 e. The molecule has 6 heteroatoms. The number of ether oxygens (including phenoxy) is 3. The van der Waals surface area contributed by atoms with Gasteiger partial charge in [-0.25, -0.2) is 0 Å². The van der Waals surface area contributed by atoms with Gasteiger partial charge in [-0.05, 0) is 38.5 Å². The first-order chi connectivity index (χ1) is 22.0. The van der Waals surface area contributed by atoms with E-state index in [1.165, 1.54) is 129 Å². The van der Waals surface area contributed by atoms with Crippen molar-refractivity contribution in [3.05, 3.63) is 12.2 Å². The van der Waals surface area contributed by atoms with Crippen molar-refractivity contribution in [2.45, 2.75) is 207 Å². The predicted molar refractivity (Wildman–Crippen MR) is 187 cm³/mol. The zero-order valence-electron chi connectivity index (χ0n) is 29.9. The van der Waals surface area contributed by atoms with Crippen LogP contribution < -0.4 is 0 Å². The molecule has 0 fully saturated rings. The minimum atomic E-state index is -0.763. The summed E-state index contributed by atoms with van der Waals surface area (Å²) >= 11 is 0. The van der Waals surface area contributed by atoms with Crippen LogP contribution in [0.4, 0.5) is 0 Å². The standard InChI is InChI=1S/C39H72O6/c1-4-6-8-10-12-14-16-18-19-21-22-24-26-28-30-32-38(41)44-35-37(34-43-36(3)40)45-39(42)33-31-29-27-25-23-20-17-15-13-11-9-7-5-2/h18-19,37H,4-17,20-35H2,1-3H3/b19-18+. The van der Waals surface area contributed by atoms with Gasteiger partial charge in [-0.3, -0.25) is 14.4 Å². The van der Waals surface area contributed by atoms with Gasteiger partial charge in [0.1, 0.15) is 13.2 Å². The SMILES string of the molecule is CCCCCCCC/C=C/CCCCCCCC(=O)OCC(COC(C)=O)OC(=O)CCCCCCCCCCCCCCC. The fourth-order valence-corrected chi connectivity index (χ4v) is 5.46. The first-order valence-corrected chi connectivity index (χ1v) is 19.1.